The van der Waals surface area contributed by atoms with Crippen LogP contribution in [0.4, 0.5) is 5.95 Å². The summed E-state index contributed by atoms with van der Waals surface area (Å²) in [5.74, 6) is 1.63. The fourth-order valence-electron chi connectivity index (χ4n) is 2.76. The van der Waals surface area contributed by atoms with E-state index in [2.05, 4.69) is 20.1 Å². The van der Waals surface area contributed by atoms with Crippen LogP contribution in [0.15, 0.2) is 30.3 Å². The van der Waals surface area contributed by atoms with Gasteiger partial charge in [-0.2, -0.15) is 4.98 Å². The molecule has 1 aliphatic heterocycles. The van der Waals surface area contributed by atoms with Gasteiger partial charge in [-0.05, 0) is 30.9 Å². The molecule has 112 valence electrons. The number of nitrogens with two attached hydrogens (primary N) is 1. The number of nitrogens with zero attached hydrogens (tertiary/aromatic N) is 3. The minimum atomic E-state index is -0.775. The molecule has 2 aromatic rings. The Morgan fingerprint density at radius 2 is 2.19 bits per heavy atom. The zero-order valence-electron chi connectivity index (χ0n) is 11.9. The Bertz CT molecular complexity index is 570. The molecule has 0 radical (unpaired) electrons. The van der Waals surface area contributed by atoms with Gasteiger partial charge in [0.1, 0.15) is 6.10 Å². The molecule has 1 aromatic carbocycles. The van der Waals surface area contributed by atoms with Gasteiger partial charge in [0.25, 0.3) is 0 Å². The highest BCUT2D eigenvalue weighted by Crippen LogP contribution is 2.23. The van der Waals surface area contributed by atoms with Crippen LogP contribution >= 0.6 is 0 Å². The molecule has 1 saturated heterocycles. The number of aromatic amines is 1. The quantitative estimate of drug-likeness (QED) is 0.782. The summed E-state index contributed by atoms with van der Waals surface area (Å²) < 4.78 is 0. The van der Waals surface area contributed by atoms with Gasteiger partial charge < -0.3 is 15.7 Å². The second kappa shape index (κ2) is 6.24. The van der Waals surface area contributed by atoms with E-state index in [-0.39, 0.29) is 0 Å². The molecule has 1 aliphatic rings. The van der Waals surface area contributed by atoms with E-state index in [0.717, 1.165) is 31.5 Å². The maximum atomic E-state index is 10.3. The van der Waals surface area contributed by atoms with E-state index in [4.69, 9.17) is 5.73 Å². The number of piperidine rings is 1. The average molecular weight is 287 g/mol. The average Bonchev–Trinajstić information content (AvgIpc) is 3.05. The van der Waals surface area contributed by atoms with Gasteiger partial charge in [-0.1, -0.05) is 30.3 Å². The lowest BCUT2D eigenvalue weighted by atomic mass is 9.99. The Balaban J connectivity index is 1.74. The number of aliphatic hydroxyl groups is 1. The lowest BCUT2D eigenvalue weighted by Gasteiger charge is -2.31. The van der Waals surface area contributed by atoms with Crippen molar-refractivity contribution in [1.82, 2.24) is 15.2 Å². The predicted molar refractivity (Wildman–Crippen MR) is 80.9 cm³/mol. The number of anilines is 1. The van der Waals surface area contributed by atoms with E-state index in [1.807, 2.05) is 30.3 Å². The van der Waals surface area contributed by atoms with Crippen molar-refractivity contribution in [2.24, 2.45) is 11.7 Å². The normalized spacial score (nSPS) is 20.5. The predicted octanol–water partition coefficient (Wildman–Crippen LogP) is 1.06. The molecule has 6 nitrogen and oxygen atoms in total. The topological polar surface area (TPSA) is 91.1 Å². The molecule has 0 saturated carbocycles. The second-order valence-electron chi connectivity index (χ2n) is 5.52. The third-order valence-electron chi connectivity index (χ3n) is 4.00. The van der Waals surface area contributed by atoms with Gasteiger partial charge in [0.2, 0.25) is 5.95 Å². The molecular formula is C15H21N5O. The highest BCUT2D eigenvalue weighted by Gasteiger charge is 2.23. The standard InChI is InChI=1S/C15H21N5O/c16-9-11-5-4-8-20(10-11)15-17-14(18-19-15)13(21)12-6-2-1-3-7-12/h1-3,6-7,11,13,21H,4-5,8-10,16H2,(H,17,18,19). The Kier molecular flexibility index (Phi) is 4.17. The van der Waals surface area contributed by atoms with Crippen molar-refractivity contribution < 1.29 is 5.11 Å². The molecule has 0 spiro atoms. The number of benzene rings is 1. The molecule has 1 aromatic heterocycles. The minimum Gasteiger partial charge on any atom is -0.380 e. The third-order valence-corrected chi connectivity index (χ3v) is 4.00. The Hall–Kier alpha value is -1.92. The van der Waals surface area contributed by atoms with Crippen molar-refractivity contribution in [3.05, 3.63) is 41.7 Å². The van der Waals surface area contributed by atoms with E-state index in [9.17, 15) is 5.11 Å². The highest BCUT2D eigenvalue weighted by atomic mass is 16.3. The van der Waals surface area contributed by atoms with Gasteiger partial charge in [-0.3, -0.25) is 5.10 Å². The number of hydrogen-bond donors (Lipinski definition) is 3. The summed E-state index contributed by atoms with van der Waals surface area (Å²) in [6.07, 6.45) is 1.49. The van der Waals surface area contributed by atoms with Crippen LogP contribution in [0.2, 0.25) is 0 Å². The molecule has 4 N–H and O–H groups in total. The Morgan fingerprint density at radius 1 is 1.38 bits per heavy atom. The maximum Gasteiger partial charge on any atom is 0.244 e. The lowest BCUT2D eigenvalue weighted by Crippen LogP contribution is -2.39. The van der Waals surface area contributed by atoms with Gasteiger partial charge >= 0.3 is 0 Å². The zero-order chi connectivity index (χ0) is 14.7. The van der Waals surface area contributed by atoms with Crippen molar-refractivity contribution in [3.8, 4) is 0 Å². The number of aromatic nitrogens is 3. The van der Waals surface area contributed by atoms with Crippen LogP contribution in [0.25, 0.3) is 0 Å². The summed E-state index contributed by atoms with van der Waals surface area (Å²) in [4.78, 5) is 6.59. The van der Waals surface area contributed by atoms with Crippen molar-refractivity contribution in [2.75, 3.05) is 24.5 Å². The van der Waals surface area contributed by atoms with Gasteiger partial charge in [0, 0.05) is 13.1 Å². The molecule has 6 heteroatoms. The number of hydrogen-bond acceptors (Lipinski definition) is 5. The fraction of sp³-hybridized carbons (Fsp3) is 0.467. The van der Waals surface area contributed by atoms with Crippen molar-refractivity contribution >= 4 is 5.95 Å². The molecule has 0 aliphatic carbocycles. The minimum absolute atomic E-state index is 0.478. The van der Waals surface area contributed by atoms with Crippen LogP contribution < -0.4 is 10.6 Å². The van der Waals surface area contributed by atoms with Crippen molar-refractivity contribution in [2.45, 2.75) is 18.9 Å². The van der Waals surface area contributed by atoms with E-state index < -0.39 is 6.10 Å². The summed E-state index contributed by atoms with van der Waals surface area (Å²) in [5.41, 5.74) is 6.56. The van der Waals surface area contributed by atoms with Crippen LogP contribution in [0.5, 0.6) is 0 Å². The molecule has 0 amide bonds. The van der Waals surface area contributed by atoms with Crippen LogP contribution in [-0.4, -0.2) is 39.9 Å². The molecule has 3 rings (SSSR count). The van der Waals surface area contributed by atoms with Crippen LogP contribution in [0.3, 0.4) is 0 Å². The Morgan fingerprint density at radius 3 is 2.95 bits per heavy atom. The molecule has 2 unspecified atom stereocenters. The van der Waals surface area contributed by atoms with Gasteiger partial charge in [0.05, 0.1) is 0 Å². The SMILES string of the molecule is NCC1CCCN(c2n[nH]c(C(O)c3ccccc3)n2)C1. The van der Waals surface area contributed by atoms with Gasteiger partial charge in [-0.25, -0.2) is 0 Å². The summed E-state index contributed by atoms with van der Waals surface area (Å²) in [5, 5.41) is 17.4. The number of rotatable bonds is 4. The van der Waals surface area contributed by atoms with Crippen molar-refractivity contribution in [1.29, 1.82) is 0 Å². The third kappa shape index (κ3) is 3.06. The maximum absolute atomic E-state index is 10.3. The van der Waals surface area contributed by atoms with E-state index in [1.165, 1.54) is 0 Å². The number of nitrogens with one attached hydrogen (secondary N) is 1. The summed E-state index contributed by atoms with van der Waals surface area (Å²) >= 11 is 0. The molecule has 21 heavy (non-hydrogen) atoms. The second-order valence-corrected chi connectivity index (χ2v) is 5.52. The molecule has 1 fully saturated rings. The van der Waals surface area contributed by atoms with Crippen LogP contribution in [-0.2, 0) is 0 Å². The first kappa shape index (κ1) is 14.0. The van der Waals surface area contributed by atoms with Crippen molar-refractivity contribution in [3.63, 3.8) is 0 Å². The zero-order valence-corrected chi connectivity index (χ0v) is 11.9. The van der Waals surface area contributed by atoms with Gasteiger partial charge in [-0.15, -0.1) is 5.10 Å². The smallest absolute Gasteiger partial charge is 0.244 e. The highest BCUT2D eigenvalue weighted by molar-refractivity contribution is 5.32. The molecule has 2 atom stereocenters. The largest absolute Gasteiger partial charge is 0.380 e. The fourth-order valence-corrected chi connectivity index (χ4v) is 2.76. The van der Waals surface area contributed by atoms with Crippen LogP contribution in [0, 0.1) is 5.92 Å². The number of H-pyrrole nitrogens is 1. The first-order valence-electron chi connectivity index (χ1n) is 7.38. The van der Waals surface area contributed by atoms with E-state index in [1.54, 1.807) is 0 Å². The first-order valence-corrected chi connectivity index (χ1v) is 7.38. The van der Waals surface area contributed by atoms with Gasteiger partial charge in [0.15, 0.2) is 5.82 Å². The molecular weight excluding hydrogens is 266 g/mol. The van der Waals surface area contributed by atoms with Crippen LogP contribution in [0.1, 0.15) is 30.3 Å². The lowest BCUT2D eigenvalue weighted by molar-refractivity contribution is 0.210. The molecule has 2 heterocycles. The summed E-state index contributed by atoms with van der Waals surface area (Å²) in [6, 6.07) is 9.46. The Labute approximate surface area is 124 Å². The number of aliphatic hydroxyl groups excluding tert-OH is 1. The molecule has 0 bridgehead atoms. The summed E-state index contributed by atoms with van der Waals surface area (Å²) in [7, 11) is 0. The summed E-state index contributed by atoms with van der Waals surface area (Å²) in [6.45, 7) is 2.52. The van der Waals surface area contributed by atoms with E-state index in [0.29, 0.717) is 24.2 Å². The first-order chi connectivity index (χ1) is 10.3. The van der Waals surface area contributed by atoms with E-state index >= 15 is 0 Å². The monoisotopic (exact) mass is 287 g/mol.